The van der Waals surface area contributed by atoms with Crippen LogP contribution in [-0.2, 0) is 9.53 Å². The van der Waals surface area contributed by atoms with Crippen molar-refractivity contribution < 1.29 is 14.3 Å². The standard InChI is InChI=1S/C16H24N2O3/c1-9(13(15(20)21-5)16(2,3)4)14(19)10-6-11(17)8-12(18)7-10/h6-9,13H,17-18H2,1-5H3/t9?,13-/m1/s1. The first kappa shape index (κ1) is 17.0. The van der Waals surface area contributed by atoms with Gasteiger partial charge in [-0.15, -0.1) is 0 Å². The van der Waals surface area contributed by atoms with E-state index in [0.29, 0.717) is 16.9 Å². The van der Waals surface area contributed by atoms with Gasteiger partial charge in [-0.05, 0) is 23.6 Å². The van der Waals surface area contributed by atoms with Crippen LogP contribution in [0.3, 0.4) is 0 Å². The topological polar surface area (TPSA) is 95.4 Å². The molecule has 1 aromatic rings. The Labute approximate surface area is 125 Å². The molecule has 0 aliphatic rings. The summed E-state index contributed by atoms with van der Waals surface area (Å²) >= 11 is 0. The third-order valence-corrected chi connectivity index (χ3v) is 3.56. The first-order chi connectivity index (χ1) is 9.57. The van der Waals surface area contributed by atoms with Gasteiger partial charge in [0.1, 0.15) is 0 Å². The van der Waals surface area contributed by atoms with Crippen molar-refractivity contribution in [3.05, 3.63) is 23.8 Å². The van der Waals surface area contributed by atoms with Gasteiger partial charge in [-0.25, -0.2) is 0 Å². The number of carbonyl (C=O) groups is 2. The zero-order chi connectivity index (χ0) is 16.4. The fraction of sp³-hybridized carbons (Fsp3) is 0.500. The zero-order valence-electron chi connectivity index (χ0n) is 13.3. The highest BCUT2D eigenvalue weighted by atomic mass is 16.5. The van der Waals surface area contributed by atoms with Crippen LogP contribution in [0.4, 0.5) is 11.4 Å². The van der Waals surface area contributed by atoms with Gasteiger partial charge >= 0.3 is 5.97 Å². The van der Waals surface area contributed by atoms with Gasteiger partial charge in [0, 0.05) is 22.9 Å². The van der Waals surface area contributed by atoms with E-state index >= 15 is 0 Å². The fourth-order valence-corrected chi connectivity index (χ4v) is 2.67. The van der Waals surface area contributed by atoms with Crippen LogP contribution in [-0.4, -0.2) is 18.9 Å². The number of hydrogen-bond acceptors (Lipinski definition) is 5. The second-order valence-electron chi connectivity index (χ2n) is 6.41. The van der Waals surface area contributed by atoms with Crippen molar-refractivity contribution in [3.63, 3.8) is 0 Å². The molecule has 0 spiro atoms. The van der Waals surface area contributed by atoms with Crippen molar-refractivity contribution in [2.45, 2.75) is 27.7 Å². The second kappa shape index (κ2) is 6.16. The monoisotopic (exact) mass is 292 g/mol. The van der Waals surface area contributed by atoms with Crippen molar-refractivity contribution in [2.75, 3.05) is 18.6 Å². The quantitative estimate of drug-likeness (QED) is 0.505. The van der Waals surface area contributed by atoms with Gasteiger partial charge in [0.15, 0.2) is 5.78 Å². The average Bonchev–Trinajstić information content (AvgIpc) is 2.34. The van der Waals surface area contributed by atoms with Gasteiger partial charge in [0.05, 0.1) is 13.0 Å². The van der Waals surface area contributed by atoms with E-state index in [4.69, 9.17) is 16.2 Å². The lowest BCUT2D eigenvalue weighted by Crippen LogP contribution is -2.38. The van der Waals surface area contributed by atoms with Crippen LogP contribution in [0.5, 0.6) is 0 Å². The number of nitrogen functional groups attached to an aromatic ring is 2. The number of nitrogens with two attached hydrogens (primary N) is 2. The highest BCUT2D eigenvalue weighted by Gasteiger charge is 2.40. The number of Topliss-reactive ketones (excluding diaryl/α,β-unsaturated/α-hetero) is 1. The Morgan fingerprint density at radius 2 is 1.57 bits per heavy atom. The predicted molar refractivity (Wildman–Crippen MR) is 83.7 cm³/mol. The van der Waals surface area contributed by atoms with Crippen molar-refractivity contribution >= 4 is 23.1 Å². The molecule has 0 aromatic heterocycles. The first-order valence-electron chi connectivity index (χ1n) is 6.86. The lowest BCUT2D eigenvalue weighted by molar-refractivity contribution is -0.151. The summed E-state index contributed by atoms with van der Waals surface area (Å²) < 4.78 is 4.85. The van der Waals surface area contributed by atoms with E-state index in [9.17, 15) is 9.59 Å². The Balaban J connectivity index is 3.17. The number of hydrogen-bond donors (Lipinski definition) is 2. The van der Waals surface area contributed by atoms with Crippen LogP contribution in [0.2, 0.25) is 0 Å². The number of benzene rings is 1. The number of methoxy groups -OCH3 is 1. The van der Waals surface area contributed by atoms with Gasteiger partial charge in [0.2, 0.25) is 0 Å². The number of ketones is 1. The van der Waals surface area contributed by atoms with E-state index < -0.39 is 17.3 Å². The summed E-state index contributed by atoms with van der Waals surface area (Å²) in [6.45, 7) is 7.46. The molecule has 1 rings (SSSR count). The van der Waals surface area contributed by atoms with Crippen LogP contribution < -0.4 is 11.5 Å². The number of carbonyl (C=O) groups excluding carboxylic acids is 2. The van der Waals surface area contributed by atoms with Crippen LogP contribution >= 0.6 is 0 Å². The van der Waals surface area contributed by atoms with Gasteiger partial charge in [-0.2, -0.15) is 0 Å². The summed E-state index contributed by atoms with van der Waals surface area (Å²) in [7, 11) is 1.33. The molecule has 5 nitrogen and oxygen atoms in total. The van der Waals surface area contributed by atoms with E-state index in [1.807, 2.05) is 20.8 Å². The molecule has 0 aliphatic heterocycles. The maximum atomic E-state index is 12.6. The van der Waals surface area contributed by atoms with E-state index in [-0.39, 0.29) is 11.8 Å². The zero-order valence-corrected chi connectivity index (χ0v) is 13.3. The molecule has 4 N–H and O–H groups in total. The minimum Gasteiger partial charge on any atom is -0.469 e. The molecule has 0 saturated heterocycles. The summed E-state index contributed by atoms with van der Waals surface area (Å²) in [6.07, 6.45) is 0. The summed E-state index contributed by atoms with van der Waals surface area (Å²) in [5, 5.41) is 0. The van der Waals surface area contributed by atoms with Crippen LogP contribution in [0.15, 0.2) is 18.2 Å². The molecule has 0 amide bonds. The largest absolute Gasteiger partial charge is 0.469 e. The number of rotatable bonds is 4. The number of ether oxygens (including phenoxy) is 1. The normalized spacial score (nSPS) is 14.3. The van der Waals surface area contributed by atoms with Crippen LogP contribution in [0.25, 0.3) is 0 Å². The summed E-state index contributed by atoms with van der Waals surface area (Å²) in [5.41, 5.74) is 12.3. The molecule has 1 unspecified atom stereocenters. The van der Waals surface area contributed by atoms with Crippen molar-refractivity contribution in [2.24, 2.45) is 17.3 Å². The number of esters is 1. The lowest BCUT2D eigenvalue weighted by Gasteiger charge is -2.32. The summed E-state index contributed by atoms with van der Waals surface area (Å²) in [4.78, 5) is 24.7. The average molecular weight is 292 g/mol. The third kappa shape index (κ3) is 3.97. The first-order valence-corrected chi connectivity index (χ1v) is 6.86. The molecule has 116 valence electrons. The summed E-state index contributed by atoms with van der Waals surface area (Å²) in [6, 6.07) is 4.74. The molecule has 2 atom stereocenters. The van der Waals surface area contributed by atoms with E-state index in [1.54, 1.807) is 25.1 Å². The predicted octanol–water partition coefficient (Wildman–Crippen LogP) is 2.51. The van der Waals surface area contributed by atoms with Crippen molar-refractivity contribution in [1.82, 2.24) is 0 Å². The maximum absolute atomic E-state index is 12.6. The fourth-order valence-electron chi connectivity index (χ4n) is 2.67. The molecule has 0 heterocycles. The molecule has 0 aliphatic carbocycles. The molecule has 1 aromatic carbocycles. The molecule has 0 bridgehead atoms. The van der Waals surface area contributed by atoms with Crippen LogP contribution in [0.1, 0.15) is 38.1 Å². The Kier molecular flexibility index (Phi) is 4.99. The maximum Gasteiger partial charge on any atom is 0.309 e. The molecular formula is C16H24N2O3. The van der Waals surface area contributed by atoms with Gasteiger partial charge < -0.3 is 16.2 Å². The molecule has 0 saturated carbocycles. The molecule has 5 heteroatoms. The van der Waals surface area contributed by atoms with E-state index in [0.717, 1.165) is 0 Å². The number of anilines is 2. The van der Waals surface area contributed by atoms with Gasteiger partial charge in [0.25, 0.3) is 0 Å². The summed E-state index contributed by atoms with van der Waals surface area (Å²) in [5.74, 6) is -1.63. The van der Waals surface area contributed by atoms with E-state index in [1.165, 1.54) is 7.11 Å². The Morgan fingerprint density at radius 3 is 1.95 bits per heavy atom. The molecule has 0 radical (unpaired) electrons. The third-order valence-electron chi connectivity index (χ3n) is 3.56. The van der Waals surface area contributed by atoms with Crippen molar-refractivity contribution in [1.29, 1.82) is 0 Å². The molecule has 0 fully saturated rings. The minimum absolute atomic E-state index is 0.167. The van der Waals surface area contributed by atoms with Gasteiger partial charge in [-0.3, -0.25) is 9.59 Å². The van der Waals surface area contributed by atoms with Crippen LogP contribution in [0, 0.1) is 17.3 Å². The van der Waals surface area contributed by atoms with E-state index in [2.05, 4.69) is 0 Å². The second-order valence-corrected chi connectivity index (χ2v) is 6.41. The van der Waals surface area contributed by atoms with Crippen molar-refractivity contribution in [3.8, 4) is 0 Å². The van der Waals surface area contributed by atoms with Gasteiger partial charge in [-0.1, -0.05) is 27.7 Å². The molecule has 21 heavy (non-hydrogen) atoms. The Morgan fingerprint density at radius 1 is 1.10 bits per heavy atom. The smallest absolute Gasteiger partial charge is 0.309 e. The minimum atomic E-state index is -0.544. The SMILES string of the molecule is COC(=O)[C@@H](C(C)C(=O)c1cc(N)cc(N)c1)C(C)(C)C. The Bertz CT molecular complexity index is 527. The highest BCUT2D eigenvalue weighted by molar-refractivity contribution is 6.01. The lowest BCUT2D eigenvalue weighted by atomic mass is 9.71. The Hall–Kier alpha value is -2.04. The highest BCUT2D eigenvalue weighted by Crippen LogP contribution is 2.35. The molecular weight excluding hydrogens is 268 g/mol.